The zero-order chi connectivity index (χ0) is 11.6. The van der Waals surface area contributed by atoms with Gasteiger partial charge in [0.15, 0.2) is 5.78 Å². The van der Waals surface area contributed by atoms with Crippen molar-refractivity contribution in [3.8, 4) is 0 Å². The lowest BCUT2D eigenvalue weighted by Gasteiger charge is -2.20. The predicted molar refractivity (Wildman–Crippen MR) is 69.9 cm³/mol. The topological polar surface area (TPSA) is 17.1 Å². The van der Waals surface area contributed by atoms with Crippen LogP contribution in [0.1, 0.15) is 23.7 Å². The van der Waals surface area contributed by atoms with Crippen molar-refractivity contribution in [1.29, 1.82) is 0 Å². The molecule has 0 saturated heterocycles. The van der Waals surface area contributed by atoms with Crippen molar-refractivity contribution in [3.05, 3.63) is 59.7 Å². The van der Waals surface area contributed by atoms with Gasteiger partial charge in [0.25, 0.3) is 0 Å². The Morgan fingerprint density at radius 3 is 2.56 bits per heavy atom. The minimum atomic E-state index is -0.00648. The first kappa shape index (κ1) is 11.3. The van der Waals surface area contributed by atoms with Crippen molar-refractivity contribution >= 4 is 21.7 Å². The van der Waals surface area contributed by atoms with Crippen molar-refractivity contribution in [2.45, 2.75) is 17.7 Å². The Balaban J connectivity index is 2.20. The van der Waals surface area contributed by atoms with Gasteiger partial charge in [-0.25, -0.2) is 0 Å². The van der Waals surface area contributed by atoms with Gasteiger partial charge in [0.05, 0.1) is 0 Å². The highest BCUT2D eigenvalue weighted by atomic mass is 79.9. The zero-order valence-electron chi connectivity index (χ0n) is 9.11. The van der Waals surface area contributed by atoms with Crippen LogP contribution >= 0.6 is 15.9 Å². The summed E-state index contributed by atoms with van der Waals surface area (Å²) < 4.78 is -0.00648. The van der Waals surface area contributed by atoms with Crippen molar-refractivity contribution in [1.82, 2.24) is 0 Å². The third-order valence-electron chi connectivity index (χ3n) is 2.63. The molecule has 1 atom stereocenters. The van der Waals surface area contributed by atoms with E-state index in [0.29, 0.717) is 0 Å². The summed E-state index contributed by atoms with van der Waals surface area (Å²) in [7, 11) is 0. The molecule has 0 heterocycles. The number of hydrogen-bond donors (Lipinski definition) is 0. The van der Waals surface area contributed by atoms with E-state index in [9.17, 15) is 4.79 Å². The summed E-state index contributed by atoms with van der Waals surface area (Å²) in [6, 6.07) is 9.37. The fourth-order valence-electron chi connectivity index (χ4n) is 1.63. The molecule has 0 bridgehead atoms. The van der Waals surface area contributed by atoms with E-state index < -0.39 is 0 Å². The summed E-state index contributed by atoms with van der Waals surface area (Å²) >= 11 is 3.58. The van der Waals surface area contributed by atoms with Gasteiger partial charge < -0.3 is 0 Å². The molecule has 1 aliphatic carbocycles. The zero-order valence-corrected chi connectivity index (χ0v) is 10.7. The molecule has 0 fully saturated rings. The number of benzene rings is 1. The number of hydrogen-bond acceptors (Lipinski definition) is 1. The van der Waals surface area contributed by atoms with Crippen molar-refractivity contribution in [2.75, 3.05) is 0 Å². The lowest BCUT2D eigenvalue weighted by Crippen LogP contribution is -2.15. The van der Waals surface area contributed by atoms with Crippen molar-refractivity contribution in [3.63, 3.8) is 0 Å². The Hall–Kier alpha value is -1.15. The molecule has 1 aromatic carbocycles. The molecule has 0 N–H and O–H groups in total. The molecule has 16 heavy (non-hydrogen) atoms. The molecular weight excluding hydrogens is 264 g/mol. The molecule has 0 aromatic heterocycles. The Bertz CT molecular complexity index is 455. The summed E-state index contributed by atoms with van der Waals surface area (Å²) in [5.41, 5.74) is 1.53. The summed E-state index contributed by atoms with van der Waals surface area (Å²) in [4.78, 5) is 12.1. The van der Waals surface area contributed by atoms with E-state index in [1.165, 1.54) is 0 Å². The maximum Gasteiger partial charge on any atom is 0.192 e. The normalized spacial score (nSPS) is 24.0. The number of alkyl halides is 1. The number of ketones is 1. The van der Waals surface area contributed by atoms with Crippen molar-refractivity contribution < 1.29 is 4.79 Å². The van der Waals surface area contributed by atoms with Gasteiger partial charge in [-0.05, 0) is 13.3 Å². The van der Waals surface area contributed by atoms with E-state index in [2.05, 4.69) is 22.9 Å². The highest BCUT2D eigenvalue weighted by Gasteiger charge is 2.20. The molecule has 0 saturated carbocycles. The molecule has 0 radical (unpaired) electrons. The van der Waals surface area contributed by atoms with E-state index in [0.717, 1.165) is 17.6 Å². The molecule has 0 spiro atoms. The summed E-state index contributed by atoms with van der Waals surface area (Å²) in [5, 5.41) is 0. The van der Waals surface area contributed by atoms with Crippen LogP contribution in [-0.2, 0) is 0 Å². The van der Waals surface area contributed by atoms with Crippen LogP contribution in [0.3, 0.4) is 0 Å². The summed E-state index contributed by atoms with van der Waals surface area (Å²) in [5.74, 6) is 0.0971. The van der Waals surface area contributed by atoms with Gasteiger partial charge in [-0.3, -0.25) is 4.79 Å². The standard InChI is InChI=1S/C14H13BrO/c1-14(15)9-7-12(8-10-14)13(16)11-5-3-2-4-6-11/h2-9H,10H2,1H3. The quantitative estimate of drug-likeness (QED) is 0.591. The molecular formula is C14H13BrO. The highest BCUT2D eigenvalue weighted by molar-refractivity contribution is 9.10. The van der Waals surface area contributed by atoms with E-state index in [1.807, 2.05) is 48.6 Å². The molecule has 2 heteroatoms. The number of rotatable bonds is 2. The first-order valence-corrected chi connectivity index (χ1v) is 6.06. The fraction of sp³-hybridized carbons (Fsp3) is 0.214. The molecule has 1 aromatic rings. The number of carbonyl (C=O) groups is 1. The van der Waals surface area contributed by atoms with Gasteiger partial charge in [0, 0.05) is 15.5 Å². The van der Waals surface area contributed by atoms with Gasteiger partial charge in [-0.15, -0.1) is 0 Å². The molecule has 2 rings (SSSR count). The van der Waals surface area contributed by atoms with Crippen LogP contribution in [0.25, 0.3) is 0 Å². The van der Waals surface area contributed by atoms with E-state index in [1.54, 1.807) is 0 Å². The maximum absolute atomic E-state index is 12.1. The van der Waals surface area contributed by atoms with Gasteiger partial charge >= 0.3 is 0 Å². The maximum atomic E-state index is 12.1. The van der Waals surface area contributed by atoms with Crippen LogP contribution in [0.5, 0.6) is 0 Å². The number of carbonyl (C=O) groups excluding carboxylic acids is 1. The average Bonchev–Trinajstić information content (AvgIpc) is 2.29. The Morgan fingerprint density at radius 1 is 1.31 bits per heavy atom. The smallest absolute Gasteiger partial charge is 0.192 e. The van der Waals surface area contributed by atoms with Gasteiger partial charge in [0.2, 0.25) is 0 Å². The Morgan fingerprint density at radius 2 is 2.00 bits per heavy atom. The van der Waals surface area contributed by atoms with Crippen LogP contribution < -0.4 is 0 Å². The molecule has 0 aliphatic heterocycles. The minimum Gasteiger partial charge on any atom is -0.289 e. The van der Waals surface area contributed by atoms with E-state index in [4.69, 9.17) is 0 Å². The minimum absolute atomic E-state index is 0.00648. The fourth-order valence-corrected chi connectivity index (χ4v) is 1.93. The van der Waals surface area contributed by atoms with Crippen LogP contribution in [0.15, 0.2) is 54.1 Å². The van der Waals surface area contributed by atoms with Crippen LogP contribution in [0, 0.1) is 0 Å². The second-order valence-corrected chi connectivity index (χ2v) is 5.98. The number of allylic oxidation sites excluding steroid dienone is 4. The molecule has 1 nitrogen and oxygen atoms in total. The van der Waals surface area contributed by atoms with Crippen molar-refractivity contribution in [2.24, 2.45) is 0 Å². The average molecular weight is 277 g/mol. The predicted octanol–water partition coefficient (Wildman–Crippen LogP) is 3.91. The molecule has 1 unspecified atom stereocenters. The summed E-state index contributed by atoms with van der Waals surface area (Å²) in [6.07, 6.45) is 6.76. The van der Waals surface area contributed by atoms with Gasteiger partial charge in [0.1, 0.15) is 0 Å². The number of halogens is 1. The van der Waals surface area contributed by atoms with Crippen LogP contribution in [0.4, 0.5) is 0 Å². The Kier molecular flexibility index (Phi) is 3.10. The largest absolute Gasteiger partial charge is 0.289 e. The summed E-state index contributed by atoms with van der Waals surface area (Å²) in [6.45, 7) is 2.09. The lowest BCUT2D eigenvalue weighted by molar-refractivity contribution is 0.103. The van der Waals surface area contributed by atoms with Crippen LogP contribution in [-0.4, -0.2) is 10.1 Å². The molecule has 0 amide bonds. The first-order chi connectivity index (χ1) is 7.58. The number of Topliss-reactive ketones (excluding diaryl/α,β-unsaturated/α-hetero) is 1. The second-order valence-electron chi connectivity index (χ2n) is 4.17. The molecule has 82 valence electrons. The third-order valence-corrected chi connectivity index (χ3v) is 3.22. The van der Waals surface area contributed by atoms with E-state index >= 15 is 0 Å². The first-order valence-electron chi connectivity index (χ1n) is 5.26. The Labute approximate surface area is 104 Å². The van der Waals surface area contributed by atoms with Gasteiger partial charge in [-0.2, -0.15) is 0 Å². The van der Waals surface area contributed by atoms with Gasteiger partial charge in [-0.1, -0.05) is 64.5 Å². The molecule has 1 aliphatic rings. The second kappa shape index (κ2) is 4.38. The van der Waals surface area contributed by atoms with Crippen LogP contribution in [0.2, 0.25) is 0 Å². The monoisotopic (exact) mass is 276 g/mol. The SMILES string of the molecule is CC1(Br)C=CC(C(=O)c2ccccc2)=CC1. The highest BCUT2D eigenvalue weighted by Crippen LogP contribution is 2.29. The third kappa shape index (κ3) is 2.50. The van der Waals surface area contributed by atoms with E-state index in [-0.39, 0.29) is 10.1 Å². The lowest BCUT2D eigenvalue weighted by atomic mass is 9.93.